The van der Waals surface area contributed by atoms with Crippen LogP contribution in [-0.2, 0) is 0 Å². The third-order valence-corrected chi connectivity index (χ3v) is 5.31. The van der Waals surface area contributed by atoms with E-state index in [1.807, 2.05) is 66.7 Å². The van der Waals surface area contributed by atoms with Crippen molar-refractivity contribution in [3.63, 3.8) is 0 Å². The van der Waals surface area contributed by atoms with E-state index in [9.17, 15) is 0 Å². The number of halogens is 2. The van der Waals surface area contributed by atoms with Crippen LogP contribution in [0.2, 0.25) is 5.02 Å². The first-order chi connectivity index (χ1) is 15.2. The molecule has 0 fully saturated rings. The lowest BCUT2D eigenvalue weighted by molar-refractivity contribution is 1.15. The fourth-order valence-electron chi connectivity index (χ4n) is 3.20. The van der Waals surface area contributed by atoms with Gasteiger partial charge in [0, 0.05) is 20.4 Å². The largest absolute Gasteiger partial charge is 0.252 e. The van der Waals surface area contributed by atoms with Gasteiger partial charge in [0.2, 0.25) is 5.95 Å². The van der Waals surface area contributed by atoms with Gasteiger partial charge < -0.3 is 0 Å². The van der Waals surface area contributed by atoms with Crippen LogP contribution in [0.5, 0.6) is 0 Å². The molecule has 0 unspecified atom stereocenters. The Balaban J connectivity index is 1.50. The average Bonchev–Trinajstić information content (AvgIpc) is 2.79. The summed E-state index contributed by atoms with van der Waals surface area (Å²) in [6, 6.07) is 21.1. The van der Waals surface area contributed by atoms with Crippen LogP contribution in [0.25, 0.3) is 33.2 Å². The zero-order valence-corrected chi connectivity index (χ0v) is 18.3. The molecule has 0 saturated carbocycles. The quantitative estimate of drug-likeness (QED) is 0.244. The summed E-state index contributed by atoms with van der Waals surface area (Å²) in [7, 11) is 0. The molecule has 0 aliphatic carbocycles. The predicted molar refractivity (Wildman–Crippen MR) is 128 cm³/mol. The van der Waals surface area contributed by atoms with Crippen LogP contribution in [0.4, 0.5) is 5.95 Å². The summed E-state index contributed by atoms with van der Waals surface area (Å²) < 4.78 is 0.945. The highest BCUT2D eigenvalue weighted by Crippen LogP contribution is 2.30. The maximum Gasteiger partial charge on any atom is 0.244 e. The van der Waals surface area contributed by atoms with Crippen molar-refractivity contribution >= 4 is 61.6 Å². The van der Waals surface area contributed by atoms with E-state index >= 15 is 0 Å². The zero-order valence-electron chi connectivity index (χ0n) is 16.0. The lowest BCUT2D eigenvalue weighted by Crippen LogP contribution is -2.00. The van der Waals surface area contributed by atoms with Gasteiger partial charge in [0.15, 0.2) is 0 Å². The molecule has 150 valence electrons. The first-order valence-electron chi connectivity index (χ1n) is 9.40. The predicted octanol–water partition coefficient (Wildman–Crippen LogP) is 6.10. The molecule has 0 aliphatic rings. The van der Waals surface area contributed by atoms with Crippen LogP contribution in [0, 0.1) is 0 Å². The molecule has 31 heavy (non-hydrogen) atoms. The lowest BCUT2D eigenvalue weighted by Gasteiger charge is -2.09. The van der Waals surface area contributed by atoms with Gasteiger partial charge in [-0.2, -0.15) is 5.10 Å². The number of hydrazone groups is 1. The summed E-state index contributed by atoms with van der Waals surface area (Å²) in [6.45, 7) is 0. The van der Waals surface area contributed by atoms with E-state index in [-0.39, 0.29) is 0 Å². The topological polar surface area (TPSA) is 76.0 Å². The second-order valence-electron chi connectivity index (χ2n) is 6.72. The Morgan fingerprint density at radius 1 is 0.871 bits per heavy atom. The molecule has 8 heteroatoms. The molecular weight excluding hydrogens is 476 g/mol. The molecule has 1 N–H and O–H groups in total. The van der Waals surface area contributed by atoms with Crippen LogP contribution in [0.3, 0.4) is 0 Å². The van der Waals surface area contributed by atoms with Gasteiger partial charge >= 0.3 is 0 Å². The Morgan fingerprint density at radius 3 is 2.61 bits per heavy atom. The highest BCUT2D eigenvalue weighted by molar-refractivity contribution is 9.10. The van der Waals surface area contributed by atoms with Gasteiger partial charge in [0.05, 0.1) is 34.7 Å². The van der Waals surface area contributed by atoms with Gasteiger partial charge in [0.1, 0.15) is 5.69 Å². The molecule has 5 rings (SSSR count). The van der Waals surface area contributed by atoms with Gasteiger partial charge in [-0.1, -0.05) is 51.8 Å². The number of fused-ring (bicyclic) bond motifs is 2. The van der Waals surface area contributed by atoms with Gasteiger partial charge in [-0.05, 0) is 42.5 Å². The Bertz CT molecular complexity index is 1450. The summed E-state index contributed by atoms with van der Waals surface area (Å²) in [6.07, 6.45) is 3.26. The second-order valence-corrected chi connectivity index (χ2v) is 8.07. The molecule has 0 amide bonds. The molecule has 2 aromatic heterocycles. The maximum absolute atomic E-state index is 6.21. The SMILES string of the molecule is Clc1cccc(-c2nc(N/N=C/c3cnc4ccccc4n3)nc3ccc(Br)cc23)c1. The number of aromatic nitrogens is 4. The van der Waals surface area contributed by atoms with Crippen LogP contribution in [0.1, 0.15) is 5.69 Å². The molecular formula is C23H14BrClN6. The third-order valence-electron chi connectivity index (χ3n) is 4.58. The van der Waals surface area contributed by atoms with Gasteiger partial charge in [0.25, 0.3) is 0 Å². The Labute approximate surface area is 191 Å². The van der Waals surface area contributed by atoms with Crippen molar-refractivity contribution in [1.29, 1.82) is 0 Å². The van der Waals surface area contributed by atoms with Crippen LogP contribution >= 0.6 is 27.5 Å². The minimum absolute atomic E-state index is 0.370. The minimum Gasteiger partial charge on any atom is -0.252 e. The number of para-hydroxylation sites is 2. The summed E-state index contributed by atoms with van der Waals surface area (Å²) in [5.41, 5.74) is 7.62. The Hall–Kier alpha value is -3.42. The van der Waals surface area contributed by atoms with Gasteiger partial charge in [-0.25, -0.2) is 20.4 Å². The van der Waals surface area contributed by atoms with E-state index in [0.29, 0.717) is 16.7 Å². The van der Waals surface area contributed by atoms with Gasteiger partial charge in [-0.15, -0.1) is 0 Å². The Kier molecular flexibility index (Phi) is 5.28. The minimum atomic E-state index is 0.370. The van der Waals surface area contributed by atoms with Crippen molar-refractivity contribution < 1.29 is 0 Å². The highest BCUT2D eigenvalue weighted by atomic mass is 79.9. The number of hydrogen-bond donors (Lipinski definition) is 1. The molecule has 2 heterocycles. The third kappa shape index (κ3) is 4.23. The standard InChI is InChI=1S/C23H14BrClN6/c24-15-8-9-19-18(11-15)22(14-4-3-5-16(25)10-14)30-23(29-19)31-27-13-17-12-26-20-6-1-2-7-21(20)28-17/h1-13H,(H,29,30,31)/b27-13+. The van der Waals surface area contributed by atoms with E-state index in [2.05, 4.69) is 46.4 Å². The Morgan fingerprint density at radius 2 is 1.74 bits per heavy atom. The average molecular weight is 490 g/mol. The number of rotatable bonds is 4. The molecule has 0 saturated heterocycles. The number of hydrogen-bond acceptors (Lipinski definition) is 6. The van der Waals surface area contributed by atoms with Crippen molar-refractivity contribution in [2.24, 2.45) is 5.10 Å². The second kappa shape index (κ2) is 8.37. The summed E-state index contributed by atoms with van der Waals surface area (Å²) in [4.78, 5) is 18.2. The zero-order chi connectivity index (χ0) is 21.2. The van der Waals surface area contributed by atoms with Gasteiger partial charge in [-0.3, -0.25) is 4.98 Å². The lowest BCUT2D eigenvalue weighted by atomic mass is 10.1. The first kappa shape index (κ1) is 19.5. The molecule has 0 bridgehead atoms. The first-order valence-corrected chi connectivity index (χ1v) is 10.6. The van der Waals surface area contributed by atoms with Crippen LogP contribution in [0.15, 0.2) is 82.5 Å². The van der Waals surface area contributed by atoms with E-state index in [0.717, 1.165) is 37.7 Å². The molecule has 0 spiro atoms. The molecule has 6 nitrogen and oxygen atoms in total. The fourth-order valence-corrected chi connectivity index (χ4v) is 3.75. The van der Waals surface area contributed by atoms with E-state index < -0.39 is 0 Å². The summed E-state index contributed by atoms with van der Waals surface area (Å²) in [5, 5.41) is 5.81. The van der Waals surface area contributed by atoms with Crippen molar-refractivity contribution in [2.45, 2.75) is 0 Å². The number of anilines is 1. The van der Waals surface area contributed by atoms with Crippen LogP contribution in [-0.4, -0.2) is 26.2 Å². The van der Waals surface area contributed by atoms with E-state index in [1.54, 1.807) is 12.4 Å². The number of nitrogens with one attached hydrogen (secondary N) is 1. The number of nitrogens with zero attached hydrogens (tertiary/aromatic N) is 5. The molecule has 3 aromatic carbocycles. The van der Waals surface area contributed by atoms with E-state index in [4.69, 9.17) is 11.6 Å². The van der Waals surface area contributed by atoms with Crippen molar-refractivity contribution in [3.05, 3.63) is 88.1 Å². The molecule has 0 aliphatic heterocycles. The number of benzene rings is 3. The molecule has 0 atom stereocenters. The highest BCUT2D eigenvalue weighted by Gasteiger charge is 2.11. The van der Waals surface area contributed by atoms with E-state index in [1.165, 1.54) is 0 Å². The molecule has 0 radical (unpaired) electrons. The fraction of sp³-hybridized carbons (Fsp3) is 0. The van der Waals surface area contributed by atoms with Crippen molar-refractivity contribution in [1.82, 2.24) is 19.9 Å². The maximum atomic E-state index is 6.21. The normalized spacial score (nSPS) is 11.4. The molecule has 5 aromatic rings. The summed E-state index contributed by atoms with van der Waals surface area (Å²) in [5.74, 6) is 0.370. The van der Waals surface area contributed by atoms with Crippen LogP contribution < -0.4 is 5.43 Å². The smallest absolute Gasteiger partial charge is 0.244 e. The van der Waals surface area contributed by atoms with Crippen molar-refractivity contribution in [2.75, 3.05) is 5.43 Å². The monoisotopic (exact) mass is 488 g/mol. The van der Waals surface area contributed by atoms with Crippen molar-refractivity contribution in [3.8, 4) is 11.3 Å². The summed E-state index contributed by atoms with van der Waals surface area (Å²) >= 11 is 9.73.